The number of pyridine rings is 1. The molecule has 0 spiro atoms. The number of nitriles is 1. The summed E-state index contributed by atoms with van der Waals surface area (Å²) in [5.41, 5.74) is 3.06. The quantitative estimate of drug-likeness (QED) is 0.274. The molecule has 1 atom stereocenters. The minimum Gasteiger partial charge on any atom is -0.419 e. The summed E-state index contributed by atoms with van der Waals surface area (Å²) in [5, 5.41) is 16.9. The highest BCUT2D eigenvalue weighted by Gasteiger charge is 2.45. The molecule has 0 saturated carbocycles. The number of nitrogens with two attached hydrogens (primary N) is 1. The Balaban J connectivity index is 1.54. The lowest BCUT2D eigenvalue weighted by Gasteiger charge is -2.25. The van der Waals surface area contributed by atoms with Gasteiger partial charge in [-0.1, -0.05) is 24.3 Å². The van der Waals surface area contributed by atoms with Gasteiger partial charge >= 0.3 is 6.18 Å². The van der Waals surface area contributed by atoms with Gasteiger partial charge < -0.3 is 15.1 Å². The van der Waals surface area contributed by atoms with Gasteiger partial charge in [-0.15, -0.1) is 10.2 Å². The molecule has 8 nitrogen and oxygen atoms in total. The van der Waals surface area contributed by atoms with Gasteiger partial charge in [-0.05, 0) is 43.7 Å². The fraction of sp³-hybridized carbons (Fsp3) is 0.276. The lowest BCUT2D eigenvalue weighted by molar-refractivity contribution is -0.137. The van der Waals surface area contributed by atoms with Crippen molar-refractivity contribution in [1.82, 2.24) is 15.2 Å². The SMILES string of the molecule is CC(C)(C#N)c1nnc(-c2cc3c(cc2F)C(F)(F)C[C@@H](N)C(=O)N3Cc2ccc(-c3cc(C(F)(F)F)ccn3)cc2)o1. The van der Waals surface area contributed by atoms with Gasteiger partial charge in [0.2, 0.25) is 11.8 Å². The molecule has 1 aliphatic heterocycles. The fourth-order valence-electron chi connectivity index (χ4n) is 4.56. The van der Waals surface area contributed by atoms with E-state index in [1.165, 1.54) is 38.1 Å². The molecule has 43 heavy (non-hydrogen) atoms. The van der Waals surface area contributed by atoms with E-state index in [0.717, 1.165) is 29.3 Å². The molecule has 0 saturated heterocycles. The van der Waals surface area contributed by atoms with Crippen LogP contribution in [0, 0.1) is 17.1 Å². The first-order valence-corrected chi connectivity index (χ1v) is 12.8. The maximum Gasteiger partial charge on any atom is 0.416 e. The predicted molar refractivity (Wildman–Crippen MR) is 141 cm³/mol. The molecule has 2 aromatic heterocycles. The molecule has 2 aromatic carbocycles. The zero-order chi connectivity index (χ0) is 31.3. The highest BCUT2D eigenvalue weighted by Crippen LogP contribution is 2.45. The summed E-state index contributed by atoms with van der Waals surface area (Å²) in [6, 6.07) is 9.59. The summed E-state index contributed by atoms with van der Waals surface area (Å²) in [5.74, 6) is -6.18. The van der Waals surface area contributed by atoms with Crippen molar-refractivity contribution in [2.45, 2.75) is 50.4 Å². The third-order valence-corrected chi connectivity index (χ3v) is 6.98. The van der Waals surface area contributed by atoms with E-state index in [-0.39, 0.29) is 35.3 Å². The number of aromatic nitrogens is 3. The zero-order valence-electron chi connectivity index (χ0n) is 22.6. The van der Waals surface area contributed by atoms with E-state index in [9.17, 15) is 23.2 Å². The van der Waals surface area contributed by atoms with Crippen molar-refractivity contribution in [3.8, 4) is 28.8 Å². The number of halogens is 6. The van der Waals surface area contributed by atoms with Gasteiger partial charge in [0.05, 0.1) is 41.2 Å². The second kappa shape index (κ2) is 10.5. The largest absolute Gasteiger partial charge is 0.419 e. The highest BCUT2D eigenvalue weighted by molar-refractivity contribution is 5.99. The summed E-state index contributed by atoms with van der Waals surface area (Å²) < 4.78 is 90.7. The van der Waals surface area contributed by atoms with Gasteiger partial charge in [0, 0.05) is 23.7 Å². The summed E-state index contributed by atoms with van der Waals surface area (Å²) >= 11 is 0. The molecule has 2 N–H and O–H groups in total. The number of carbonyl (C=O) groups is 1. The Morgan fingerprint density at radius 2 is 1.81 bits per heavy atom. The van der Waals surface area contributed by atoms with Crippen molar-refractivity contribution in [3.63, 3.8) is 0 Å². The topological polar surface area (TPSA) is 122 Å². The Morgan fingerprint density at radius 1 is 1.12 bits per heavy atom. The number of rotatable bonds is 5. The highest BCUT2D eigenvalue weighted by atomic mass is 19.4. The van der Waals surface area contributed by atoms with Gasteiger partial charge in [-0.25, -0.2) is 13.2 Å². The molecule has 1 amide bonds. The van der Waals surface area contributed by atoms with E-state index in [0.29, 0.717) is 17.2 Å². The van der Waals surface area contributed by atoms with Crippen LogP contribution in [0.1, 0.15) is 42.8 Å². The second-order valence-corrected chi connectivity index (χ2v) is 10.6. The Morgan fingerprint density at radius 3 is 2.47 bits per heavy atom. The van der Waals surface area contributed by atoms with Crippen LogP contribution in [-0.4, -0.2) is 27.1 Å². The molecule has 5 rings (SSSR count). The first-order valence-electron chi connectivity index (χ1n) is 12.8. The lowest BCUT2D eigenvalue weighted by Crippen LogP contribution is -2.43. The first kappa shape index (κ1) is 29.7. The first-order chi connectivity index (χ1) is 20.1. The molecular formula is C29H22F6N6O2. The number of nitrogens with zero attached hydrogens (tertiary/aromatic N) is 5. The molecule has 0 unspecified atom stereocenters. The Labute approximate surface area is 240 Å². The average Bonchev–Trinajstić information content (AvgIpc) is 3.44. The minimum absolute atomic E-state index is 0.0536. The second-order valence-electron chi connectivity index (χ2n) is 10.6. The van der Waals surface area contributed by atoms with Crippen LogP contribution in [-0.2, 0) is 28.9 Å². The maximum absolute atomic E-state index is 15.3. The van der Waals surface area contributed by atoms with Crippen LogP contribution in [0.5, 0.6) is 0 Å². The fourth-order valence-corrected chi connectivity index (χ4v) is 4.56. The van der Waals surface area contributed by atoms with Crippen LogP contribution in [0.25, 0.3) is 22.7 Å². The molecule has 0 radical (unpaired) electrons. The van der Waals surface area contributed by atoms with Crippen LogP contribution in [0.2, 0.25) is 0 Å². The van der Waals surface area contributed by atoms with Crippen molar-refractivity contribution in [2.75, 3.05) is 4.90 Å². The summed E-state index contributed by atoms with van der Waals surface area (Å²) in [6.07, 6.45) is -4.60. The van der Waals surface area contributed by atoms with Gasteiger partial charge in [-0.3, -0.25) is 9.78 Å². The van der Waals surface area contributed by atoms with Crippen LogP contribution in [0.15, 0.2) is 59.1 Å². The summed E-state index contributed by atoms with van der Waals surface area (Å²) in [4.78, 5) is 18.3. The molecule has 0 fully saturated rings. The number of anilines is 1. The normalized spacial score (nSPS) is 16.9. The third-order valence-electron chi connectivity index (χ3n) is 6.98. The molecule has 14 heteroatoms. The number of alkyl halides is 5. The number of benzene rings is 2. The molecule has 0 bridgehead atoms. The third kappa shape index (κ3) is 5.68. The monoisotopic (exact) mass is 600 g/mol. The number of amides is 1. The van der Waals surface area contributed by atoms with Gasteiger partial charge in [-0.2, -0.15) is 18.4 Å². The van der Waals surface area contributed by atoms with Gasteiger partial charge in [0.25, 0.3) is 11.8 Å². The van der Waals surface area contributed by atoms with Crippen LogP contribution in [0.3, 0.4) is 0 Å². The van der Waals surface area contributed by atoms with Crippen molar-refractivity contribution in [1.29, 1.82) is 5.26 Å². The summed E-state index contributed by atoms with van der Waals surface area (Å²) in [7, 11) is 0. The van der Waals surface area contributed by atoms with Crippen LogP contribution >= 0.6 is 0 Å². The Bertz CT molecular complexity index is 1740. The van der Waals surface area contributed by atoms with E-state index >= 15 is 13.2 Å². The number of hydrogen-bond donors (Lipinski definition) is 1. The molecule has 4 aromatic rings. The van der Waals surface area contributed by atoms with E-state index < -0.39 is 52.8 Å². The maximum atomic E-state index is 15.3. The Kier molecular flexibility index (Phi) is 7.25. The molecule has 0 aliphatic carbocycles. The predicted octanol–water partition coefficient (Wildman–Crippen LogP) is 6.11. The lowest BCUT2D eigenvalue weighted by atomic mass is 9.96. The van der Waals surface area contributed by atoms with E-state index in [4.69, 9.17) is 10.2 Å². The van der Waals surface area contributed by atoms with Crippen LogP contribution < -0.4 is 10.6 Å². The standard InChI is InChI=1S/C29H22F6N6O2/c1-27(2,14-36)26-40-39-24(43-26)18-10-23-19(11-20(18)30)28(31,32)12-21(37)25(42)41(23)13-15-3-5-16(6-4-15)22-9-17(7-8-38-22)29(33,34)35/h3-11,21H,12-13,37H2,1-2H3/t21-/m1/s1. The average molecular weight is 601 g/mol. The van der Waals surface area contributed by atoms with E-state index in [1.807, 2.05) is 6.07 Å². The van der Waals surface area contributed by atoms with Crippen molar-refractivity contribution in [3.05, 3.63) is 83.1 Å². The van der Waals surface area contributed by atoms with Crippen LogP contribution in [0.4, 0.5) is 32.0 Å². The molecule has 3 heterocycles. The molecule has 222 valence electrons. The molecule has 1 aliphatic rings. The minimum atomic E-state index is -4.56. The van der Waals surface area contributed by atoms with Crippen molar-refractivity contribution >= 4 is 11.6 Å². The Hall–Kier alpha value is -4.77. The molecular weight excluding hydrogens is 578 g/mol. The zero-order valence-corrected chi connectivity index (χ0v) is 22.6. The summed E-state index contributed by atoms with van der Waals surface area (Å²) in [6.45, 7) is 2.70. The van der Waals surface area contributed by atoms with Crippen molar-refractivity contribution < 1.29 is 35.6 Å². The number of fused-ring (bicyclic) bond motifs is 1. The smallest absolute Gasteiger partial charge is 0.416 e. The van der Waals surface area contributed by atoms with Gasteiger partial charge in [0.1, 0.15) is 11.2 Å². The van der Waals surface area contributed by atoms with Gasteiger partial charge in [0.15, 0.2) is 0 Å². The number of carbonyl (C=O) groups excluding carboxylic acids is 1. The number of hydrogen-bond acceptors (Lipinski definition) is 7. The van der Waals surface area contributed by atoms with E-state index in [2.05, 4.69) is 15.2 Å². The van der Waals surface area contributed by atoms with E-state index in [1.54, 1.807) is 0 Å². The van der Waals surface area contributed by atoms with Crippen molar-refractivity contribution in [2.24, 2.45) is 5.73 Å².